The van der Waals surface area contributed by atoms with E-state index in [-0.39, 0.29) is 0 Å². The van der Waals surface area contributed by atoms with Gasteiger partial charge in [0.25, 0.3) is 0 Å². The van der Waals surface area contributed by atoms with E-state index in [0.717, 1.165) is 0 Å². The van der Waals surface area contributed by atoms with Crippen LogP contribution in [0.2, 0.25) is 0 Å². The zero-order chi connectivity index (χ0) is 12.3. The van der Waals surface area contributed by atoms with Gasteiger partial charge in [-0.05, 0) is 17.7 Å². The lowest BCUT2D eigenvalue weighted by Crippen LogP contribution is -2.11. The van der Waals surface area contributed by atoms with Crippen LogP contribution in [0.4, 0.5) is 0 Å². The molecule has 0 radical (unpaired) electrons. The van der Waals surface area contributed by atoms with Crippen LogP contribution in [0.25, 0.3) is 0 Å². The molecule has 16 heavy (non-hydrogen) atoms. The Labute approximate surface area is 114 Å². The van der Waals surface area contributed by atoms with Crippen molar-refractivity contribution in [3.63, 3.8) is 0 Å². The third kappa shape index (κ3) is 3.24. The van der Waals surface area contributed by atoms with Crippen molar-refractivity contribution in [1.82, 2.24) is 0 Å². The van der Waals surface area contributed by atoms with Gasteiger partial charge in [-0.2, -0.15) is 0 Å². The van der Waals surface area contributed by atoms with Crippen molar-refractivity contribution < 1.29 is 9.47 Å². The Bertz CT molecular complexity index is 362. The lowest BCUT2D eigenvalue weighted by atomic mass is 10.1. The number of benzene rings is 1. The van der Waals surface area contributed by atoms with Crippen LogP contribution in [0.3, 0.4) is 0 Å². The molecule has 0 bridgehead atoms. The minimum atomic E-state index is -1.57. The molecule has 6 heteroatoms. The van der Waals surface area contributed by atoms with Gasteiger partial charge in [-0.1, -0.05) is 40.9 Å². The van der Waals surface area contributed by atoms with E-state index < -0.39 is 9.17 Å². The molecule has 0 heterocycles. The Morgan fingerprint density at radius 1 is 1.06 bits per heavy atom. The topological polar surface area (TPSA) is 18.5 Å². The van der Waals surface area contributed by atoms with Crippen LogP contribution in [0.15, 0.2) is 18.2 Å². The van der Waals surface area contributed by atoms with Gasteiger partial charge in [-0.15, -0.1) is 11.6 Å². The first-order chi connectivity index (χ1) is 7.40. The van der Waals surface area contributed by atoms with Crippen molar-refractivity contribution in [3.05, 3.63) is 23.8 Å². The molecule has 1 rings (SSSR count). The lowest BCUT2D eigenvalue weighted by Gasteiger charge is -2.19. The first-order valence-corrected chi connectivity index (χ1v) is 5.90. The van der Waals surface area contributed by atoms with Crippen LogP contribution in [-0.2, 0) is 0 Å². The maximum Gasteiger partial charge on any atom is 0.210 e. The summed E-state index contributed by atoms with van der Waals surface area (Å²) in [6, 6.07) is 5.11. The molecular weight excluding hydrogens is 294 g/mol. The first-order valence-electron chi connectivity index (χ1n) is 4.33. The molecule has 1 aromatic carbocycles. The Morgan fingerprint density at radius 3 is 2.06 bits per heavy atom. The van der Waals surface area contributed by atoms with E-state index in [2.05, 4.69) is 0 Å². The highest BCUT2D eigenvalue weighted by Crippen LogP contribution is 2.45. The molecule has 0 saturated heterocycles. The minimum Gasteiger partial charge on any atom is -0.493 e. The molecule has 0 spiro atoms. The summed E-state index contributed by atoms with van der Waals surface area (Å²) in [5.41, 5.74) is 0.652. The predicted octanol–water partition coefficient (Wildman–Crippen LogP) is 4.35. The van der Waals surface area contributed by atoms with Crippen molar-refractivity contribution in [3.8, 4) is 11.5 Å². The second-order valence-corrected chi connectivity index (χ2v) is 5.82. The highest BCUT2D eigenvalue weighted by molar-refractivity contribution is 6.70. The smallest absolute Gasteiger partial charge is 0.210 e. The molecule has 0 aliphatic heterocycles. The minimum absolute atomic E-state index is 0.542. The maximum absolute atomic E-state index is 6.01. The molecule has 0 saturated carbocycles. The fourth-order valence-corrected chi connectivity index (χ4v) is 1.71. The summed E-state index contributed by atoms with van der Waals surface area (Å²) in [5.74, 6) is 1.14. The number of ether oxygens (including phenoxy) is 2. The summed E-state index contributed by atoms with van der Waals surface area (Å²) in [4.78, 5) is 0. The van der Waals surface area contributed by atoms with Crippen LogP contribution in [-0.4, -0.2) is 18.0 Å². The number of methoxy groups -OCH3 is 2. The highest BCUT2D eigenvalue weighted by atomic mass is 35.6. The number of rotatable bonds is 3. The van der Waals surface area contributed by atoms with Crippen molar-refractivity contribution in [2.75, 3.05) is 14.2 Å². The second kappa shape index (κ2) is 5.54. The number of alkyl halides is 4. The third-order valence-electron chi connectivity index (χ3n) is 1.99. The average Bonchev–Trinajstić information content (AvgIpc) is 2.25. The average molecular weight is 304 g/mol. The summed E-state index contributed by atoms with van der Waals surface area (Å²) < 4.78 is 8.65. The molecule has 0 fully saturated rings. The summed E-state index contributed by atoms with van der Waals surface area (Å²) in [7, 11) is 3.07. The fraction of sp³-hybridized carbons (Fsp3) is 0.400. The van der Waals surface area contributed by atoms with Gasteiger partial charge in [0, 0.05) is 0 Å². The molecule has 0 aromatic heterocycles. The monoisotopic (exact) mass is 302 g/mol. The molecular formula is C10H10Cl4O2. The van der Waals surface area contributed by atoms with E-state index in [9.17, 15) is 0 Å². The Balaban J connectivity index is 3.08. The van der Waals surface area contributed by atoms with E-state index in [4.69, 9.17) is 55.9 Å². The quantitative estimate of drug-likeness (QED) is 0.773. The molecule has 1 unspecified atom stereocenters. The molecule has 0 aliphatic carbocycles. The van der Waals surface area contributed by atoms with Crippen molar-refractivity contribution in [1.29, 1.82) is 0 Å². The Morgan fingerprint density at radius 2 is 1.62 bits per heavy atom. The maximum atomic E-state index is 6.01. The van der Waals surface area contributed by atoms with Crippen LogP contribution >= 0.6 is 46.4 Å². The zero-order valence-electron chi connectivity index (χ0n) is 8.64. The normalized spacial score (nSPS) is 13.4. The van der Waals surface area contributed by atoms with Gasteiger partial charge in [0.15, 0.2) is 11.5 Å². The van der Waals surface area contributed by atoms with E-state index in [1.54, 1.807) is 25.3 Å². The highest BCUT2D eigenvalue weighted by Gasteiger charge is 2.32. The molecule has 90 valence electrons. The summed E-state index contributed by atoms with van der Waals surface area (Å²) in [6.07, 6.45) is 0. The van der Waals surface area contributed by atoms with E-state index >= 15 is 0 Å². The molecule has 1 aromatic rings. The number of halogens is 4. The standard InChI is InChI=1S/C10H10Cl4O2/c1-15-7-4-3-6(5-8(7)16-2)9(11)10(12,13)14/h3-5,9H,1-2H3. The fourth-order valence-electron chi connectivity index (χ4n) is 1.20. The van der Waals surface area contributed by atoms with Gasteiger partial charge >= 0.3 is 0 Å². The molecule has 0 amide bonds. The van der Waals surface area contributed by atoms with Crippen LogP contribution in [0.1, 0.15) is 10.9 Å². The zero-order valence-corrected chi connectivity index (χ0v) is 11.7. The molecule has 0 aliphatic rings. The second-order valence-electron chi connectivity index (χ2n) is 3.02. The predicted molar refractivity (Wildman–Crippen MR) is 68.4 cm³/mol. The molecule has 1 atom stereocenters. The summed E-state index contributed by atoms with van der Waals surface area (Å²) in [5, 5.41) is -0.752. The Kier molecular flexibility index (Phi) is 4.87. The summed E-state index contributed by atoms with van der Waals surface area (Å²) in [6.45, 7) is 0. The van der Waals surface area contributed by atoms with Crippen molar-refractivity contribution in [2.45, 2.75) is 9.17 Å². The number of hydrogen-bond donors (Lipinski definition) is 0. The first kappa shape index (κ1) is 14.0. The van der Waals surface area contributed by atoms with Crippen LogP contribution in [0.5, 0.6) is 11.5 Å². The van der Waals surface area contributed by atoms with E-state index in [0.29, 0.717) is 17.1 Å². The van der Waals surface area contributed by atoms with Crippen LogP contribution in [0, 0.1) is 0 Å². The van der Waals surface area contributed by atoms with Crippen molar-refractivity contribution >= 4 is 46.4 Å². The largest absolute Gasteiger partial charge is 0.493 e. The van der Waals surface area contributed by atoms with E-state index in [1.165, 1.54) is 7.11 Å². The SMILES string of the molecule is COc1ccc(C(Cl)C(Cl)(Cl)Cl)cc1OC. The lowest BCUT2D eigenvalue weighted by molar-refractivity contribution is 0.354. The van der Waals surface area contributed by atoms with Crippen molar-refractivity contribution in [2.24, 2.45) is 0 Å². The third-order valence-corrected chi connectivity index (χ3v) is 3.56. The van der Waals surface area contributed by atoms with E-state index in [1.807, 2.05) is 0 Å². The van der Waals surface area contributed by atoms with Gasteiger partial charge in [-0.25, -0.2) is 0 Å². The summed E-state index contributed by atoms with van der Waals surface area (Å²) >= 11 is 23.2. The van der Waals surface area contributed by atoms with Gasteiger partial charge < -0.3 is 9.47 Å². The number of hydrogen-bond acceptors (Lipinski definition) is 2. The molecule has 0 N–H and O–H groups in total. The van der Waals surface area contributed by atoms with Gasteiger partial charge in [0.1, 0.15) is 5.38 Å². The van der Waals surface area contributed by atoms with Gasteiger partial charge in [0.05, 0.1) is 14.2 Å². The van der Waals surface area contributed by atoms with Crippen LogP contribution < -0.4 is 9.47 Å². The molecule has 2 nitrogen and oxygen atoms in total. The van der Waals surface area contributed by atoms with Gasteiger partial charge in [0.2, 0.25) is 3.79 Å². The van der Waals surface area contributed by atoms with Gasteiger partial charge in [-0.3, -0.25) is 0 Å². The Hall–Kier alpha value is -0.0200.